The lowest BCUT2D eigenvalue weighted by atomic mass is 10.1. The molecule has 0 spiro atoms. The van der Waals surface area contributed by atoms with Crippen LogP contribution in [0.1, 0.15) is 30.9 Å². The van der Waals surface area contributed by atoms with Gasteiger partial charge in [-0.2, -0.15) is 0 Å². The number of ether oxygens (including phenoxy) is 1. The van der Waals surface area contributed by atoms with E-state index >= 15 is 0 Å². The number of hydrogen-bond acceptors (Lipinski definition) is 5. The highest BCUT2D eigenvalue weighted by molar-refractivity contribution is 5.74. The maximum Gasteiger partial charge on any atom is 0.317 e. The van der Waals surface area contributed by atoms with E-state index in [-0.39, 0.29) is 12.1 Å². The number of morpholine rings is 1. The van der Waals surface area contributed by atoms with Gasteiger partial charge in [0.05, 0.1) is 19.8 Å². The summed E-state index contributed by atoms with van der Waals surface area (Å²) in [7, 11) is 0. The number of aromatic nitrogens is 3. The third-order valence-electron chi connectivity index (χ3n) is 5.18. The molecule has 132 valence electrons. The highest BCUT2D eigenvalue weighted by Crippen LogP contribution is 2.18. The number of urea groups is 1. The van der Waals surface area contributed by atoms with E-state index in [0.29, 0.717) is 26.3 Å². The number of fused-ring (bicyclic) bond motifs is 1. The second-order valence-corrected chi connectivity index (χ2v) is 6.91. The van der Waals surface area contributed by atoms with Gasteiger partial charge in [0.2, 0.25) is 0 Å². The molecule has 2 saturated heterocycles. The van der Waals surface area contributed by atoms with E-state index in [1.165, 1.54) is 6.42 Å². The van der Waals surface area contributed by atoms with Crippen molar-refractivity contribution in [1.29, 1.82) is 0 Å². The van der Waals surface area contributed by atoms with Crippen LogP contribution in [0, 0.1) is 0 Å². The van der Waals surface area contributed by atoms with Crippen molar-refractivity contribution in [2.24, 2.45) is 0 Å². The monoisotopic (exact) mass is 334 g/mol. The van der Waals surface area contributed by atoms with Crippen LogP contribution in [0.4, 0.5) is 4.79 Å². The van der Waals surface area contributed by atoms with Crippen LogP contribution in [-0.4, -0.2) is 76.0 Å². The van der Waals surface area contributed by atoms with E-state index in [0.717, 1.165) is 57.1 Å². The van der Waals surface area contributed by atoms with Crippen molar-refractivity contribution < 1.29 is 9.53 Å². The van der Waals surface area contributed by atoms with Crippen molar-refractivity contribution in [2.45, 2.75) is 44.8 Å². The van der Waals surface area contributed by atoms with Crippen molar-refractivity contribution in [2.75, 3.05) is 39.4 Å². The molecule has 0 radical (unpaired) electrons. The number of hydrogen-bond donors (Lipinski definition) is 1. The molecule has 3 aliphatic rings. The molecule has 1 unspecified atom stereocenters. The lowest BCUT2D eigenvalue weighted by Crippen LogP contribution is -2.53. The van der Waals surface area contributed by atoms with E-state index in [2.05, 4.69) is 25.0 Å². The Hall–Kier alpha value is -1.67. The van der Waals surface area contributed by atoms with Crippen LogP contribution in [0.5, 0.6) is 0 Å². The van der Waals surface area contributed by atoms with Crippen LogP contribution in [0.3, 0.4) is 0 Å². The topological polar surface area (TPSA) is 75.5 Å². The van der Waals surface area contributed by atoms with Gasteiger partial charge in [0, 0.05) is 38.6 Å². The summed E-state index contributed by atoms with van der Waals surface area (Å²) in [5, 5.41) is 11.8. The number of amides is 2. The van der Waals surface area contributed by atoms with E-state index < -0.39 is 0 Å². The molecule has 0 aliphatic carbocycles. The normalized spacial score (nSPS) is 24.8. The van der Waals surface area contributed by atoms with Crippen LogP contribution in [0.25, 0.3) is 0 Å². The first kappa shape index (κ1) is 15.8. The predicted molar refractivity (Wildman–Crippen MR) is 87.6 cm³/mol. The average Bonchev–Trinajstić information content (AvgIpc) is 3.21. The summed E-state index contributed by atoms with van der Waals surface area (Å²) in [6, 6.07) is 0.267. The van der Waals surface area contributed by atoms with Gasteiger partial charge in [0.15, 0.2) is 0 Å². The van der Waals surface area contributed by atoms with E-state index in [1.807, 2.05) is 4.90 Å². The Morgan fingerprint density at radius 2 is 2.04 bits per heavy atom. The van der Waals surface area contributed by atoms with Crippen LogP contribution in [0.15, 0.2) is 0 Å². The predicted octanol–water partition coefficient (Wildman–Crippen LogP) is 0.231. The van der Waals surface area contributed by atoms with Crippen LogP contribution < -0.4 is 5.32 Å². The summed E-state index contributed by atoms with van der Waals surface area (Å²) in [6.07, 6.45) is 4.38. The number of piperidine rings is 1. The van der Waals surface area contributed by atoms with Gasteiger partial charge in [-0.1, -0.05) is 0 Å². The molecule has 24 heavy (non-hydrogen) atoms. The number of carbonyl (C=O) groups is 1. The molecule has 4 heterocycles. The molecule has 1 atom stereocenters. The van der Waals surface area contributed by atoms with Crippen LogP contribution >= 0.6 is 0 Å². The quantitative estimate of drug-likeness (QED) is 0.856. The summed E-state index contributed by atoms with van der Waals surface area (Å²) in [6.45, 7) is 6.48. The van der Waals surface area contributed by atoms with Crippen molar-refractivity contribution in [3.05, 3.63) is 11.6 Å². The highest BCUT2D eigenvalue weighted by atomic mass is 16.5. The van der Waals surface area contributed by atoms with Gasteiger partial charge in [-0.15, -0.1) is 10.2 Å². The largest absolute Gasteiger partial charge is 0.378 e. The SMILES string of the molecule is O=C(NC1CCCN(Cc2nnc3n2CCC3)C1)N1CCOCC1. The minimum atomic E-state index is 0.0496. The van der Waals surface area contributed by atoms with Gasteiger partial charge in [0.1, 0.15) is 11.6 Å². The number of rotatable bonds is 3. The summed E-state index contributed by atoms with van der Waals surface area (Å²) in [5.41, 5.74) is 0. The van der Waals surface area contributed by atoms with Gasteiger partial charge in [-0.25, -0.2) is 4.79 Å². The maximum absolute atomic E-state index is 12.4. The Morgan fingerprint density at radius 1 is 1.17 bits per heavy atom. The smallest absolute Gasteiger partial charge is 0.317 e. The fourth-order valence-electron chi connectivity index (χ4n) is 3.88. The highest BCUT2D eigenvalue weighted by Gasteiger charge is 2.26. The van der Waals surface area contributed by atoms with Crippen molar-refractivity contribution in [1.82, 2.24) is 29.9 Å². The summed E-state index contributed by atoms with van der Waals surface area (Å²) >= 11 is 0. The molecule has 8 heteroatoms. The lowest BCUT2D eigenvalue weighted by molar-refractivity contribution is 0.0513. The van der Waals surface area contributed by atoms with E-state index in [9.17, 15) is 4.79 Å². The Morgan fingerprint density at radius 3 is 2.92 bits per heavy atom. The lowest BCUT2D eigenvalue weighted by Gasteiger charge is -2.35. The zero-order chi connectivity index (χ0) is 16.4. The number of carbonyl (C=O) groups excluding carboxylic acids is 1. The molecule has 2 fully saturated rings. The molecule has 1 aromatic heterocycles. The number of likely N-dealkylation sites (tertiary alicyclic amines) is 1. The molecule has 1 aromatic rings. The number of nitrogens with one attached hydrogen (secondary N) is 1. The first-order chi connectivity index (χ1) is 11.8. The van der Waals surface area contributed by atoms with Crippen LogP contribution in [-0.2, 0) is 24.2 Å². The van der Waals surface area contributed by atoms with Gasteiger partial charge < -0.3 is 19.5 Å². The van der Waals surface area contributed by atoms with Gasteiger partial charge in [-0.05, 0) is 25.8 Å². The van der Waals surface area contributed by atoms with Crippen molar-refractivity contribution in [3.8, 4) is 0 Å². The fourth-order valence-corrected chi connectivity index (χ4v) is 3.88. The molecule has 3 aliphatic heterocycles. The third-order valence-corrected chi connectivity index (χ3v) is 5.18. The molecule has 1 N–H and O–H groups in total. The fraction of sp³-hybridized carbons (Fsp3) is 0.812. The minimum Gasteiger partial charge on any atom is -0.378 e. The maximum atomic E-state index is 12.4. The van der Waals surface area contributed by atoms with Gasteiger partial charge >= 0.3 is 6.03 Å². The van der Waals surface area contributed by atoms with Crippen molar-refractivity contribution in [3.63, 3.8) is 0 Å². The Labute approximate surface area is 142 Å². The van der Waals surface area contributed by atoms with Crippen molar-refractivity contribution >= 4 is 6.03 Å². The first-order valence-electron chi connectivity index (χ1n) is 9.06. The Balaban J connectivity index is 1.31. The molecular formula is C16H26N6O2. The molecular weight excluding hydrogens is 308 g/mol. The zero-order valence-electron chi connectivity index (χ0n) is 14.1. The Bertz CT molecular complexity index is 583. The van der Waals surface area contributed by atoms with Gasteiger partial charge in [-0.3, -0.25) is 4.90 Å². The first-order valence-corrected chi connectivity index (χ1v) is 9.06. The molecule has 0 aromatic carbocycles. The summed E-state index contributed by atoms with van der Waals surface area (Å²) in [4.78, 5) is 16.6. The van der Waals surface area contributed by atoms with Crippen LogP contribution in [0.2, 0.25) is 0 Å². The molecule has 4 rings (SSSR count). The standard InChI is InChI=1S/C16H26N6O2/c23-16(21-7-9-24-10-8-21)17-13-3-1-5-20(11-13)12-15-19-18-14-4-2-6-22(14)15/h13H,1-12H2,(H,17,23). The third kappa shape index (κ3) is 3.39. The zero-order valence-corrected chi connectivity index (χ0v) is 14.1. The molecule has 8 nitrogen and oxygen atoms in total. The number of nitrogens with zero attached hydrogens (tertiary/aromatic N) is 5. The molecule has 0 saturated carbocycles. The number of aryl methyl sites for hydroxylation is 1. The minimum absolute atomic E-state index is 0.0496. The van der Waals surface area contributed by atoms with E-state index in [4.69, 9.17) is 4.74 Å². The Kier molecular flexibility index (Phi) is 4.66. The molecule has 0 bridgehead atoms. The second kappa shape index (κ2) is 7.06. The molecule has 2 amide bonds. The van der Waals surface area contributed by atoms with E-state index in [1.54, 1.807) is 0 Å². The summed E-state index contributed by atoms with van der Waals surface area (Å²) < 4.78 is 7.57. The second-order valence-electron chi connectivity index (χ2n) is 6.91. The summed E-state index contributed by atoms with van der Waals surface area (Å²) in [5.74, 6) is 2.20. The van der Waals surface area contributed by atoms with Gasteiger partial charge in [0.25, 0.3) is 0 Å². The average molecular weight is 334 g/mol.